The van der Waals surface area contributed by atoms with Gasteiger partial charge in [-0.25, -0.2) is 4.39 Å². The fourth-order valence-corrected chi connectivity index (χ4v) is 2.02. The lowest BCUT2D eigenvalue weighted by Crippen LogP contribution is -2.18. The Morgan fingerprint density at radius 3 is 2.40 bits per heavy atom. The number of nitrogens with one attached hydrogen (secondary N) is 1. The van der Waals surface area contributed by atoms with Gasteiger partial charge in [-0.1, -0.05) is 24.3 Å². The Kier molecular flexibility index (Phi) is 4.71. The van der Waals surface area contributed by atoms with E-state index in [1.165, 1.54) is 18.2 Å². The van der Waals surface area contributed by atoms with Crippen molar-refractivity contribution in [3.05, 3.63) is 65.0 Å². The van der Waals surface area contributed by atoms with Crippen LogP contribution in [0.1, 0.15) is 29.7 Å². The van der Waals surface area contributed by atoms with Crippen molar-refractivity contribution < 1.29 is 14.6 Å². The van der Waals surface area contributed by atoms with Crippen LogP contribution >= 0.6 is 0 Å². The number of aliphatic hydroxyl groups is 1. The zero-order valence-corrected chi connectivity index (χ0v) is 11.3. The molecule has 3 N–H and O–H groups in total. The van der Waals surface area contributed by atoms with Crippen LogP contribution in [0, 0.1) is 5.82 Å². The summed E-state index contributed by atoms with van der Waals surface area (Å²) in [6.07, 6.45) is 0. The van der Waals surface area contributed by atoms with Crippen LogP contribution in [0.15, 0.2) is 42.5 Å². The fraction of sp³-hybridized carbons (Fsp3) is 0.250. The number of hydrogen-bond donors (Lipinski definition) is 3. The smallest absolute Gasteiger partial charge is 0.123 e. The minimum Gasteiger partial charge on any atom is -0.508 e. The molecule has 0 saturated carbocycles. The highest BCUT2D eigenvalue weighted by atomic mass is 19.1. The molecule has 0 aromatic heterocycles. The van der Waals surface area contributed by atoms with Crippen LogP contribution < -0.4 is 5.32 Å². The molecule has 1 unspecified atom stereocenters. The second-order valence-electron chi connectivity index (χ2n) is 4.78. The van der Waals surface area contributed by atoms with E-state index in [4.69, 9.17) is 5.11 Å². The minimum absolute atomic E-state index is 0.0290. The summed E-state index contributed by atoms with van der Waals surface area (Å²) >= 11 is 0. The van der Waals surface area contributed by atoms with E-state index in [-0.39, 0.29) is 24.2 Å². The van der Waals surface area contributed by atoms with Crippen LogP contribution in [0.5, 0.6) is 5.75 Å². The molecule has 2 rings (SSSR count). The van der Waals surface area contributed by atoms with Gasteiger partial charge in [-0.05, 0) is 36.2 Å². The van der Waals surface area contributed by atoms with Crippen molar-refractivity contribution in [1.82, 2.24) is 5.32 Å². The van der Waals surface area contributed by atoms with E-state index in [0.29, 0.717) is 12.1 Å². The summed E-state index contributed by atoms with van der Waals surface area (Å²) in [4.78, 5) is 0. The van der Waals surface area contributed by atoms with Crippen LogP contribution in [0.25, 0.3) is 0 Å². The zero-order chi connectivity index (χ0) is 14.5. The summed E-state index contributed by atoms with van der Waals surface area (Å²) in [6, 6.07) is 11.3. The van der Waals surface area contributed by atoms with Crippen molar-refractivity contribution in [3.63, 3.8) is 0 Å². The third-order valence-electron chi connectivity index (χ3n) is 3.27. The van der Waals surface area contributed by atoms with E-state index in [1.54, 1.807) is 0 Å². The highest BCUT2D eigenvalue weighted by Gasteiger charge is 2.11. The minimum atomic E-state index is -0.362. The molecule has 0 spiro atoms. The lowest BCUT2D eigenvalue weighted by molar-refractivity contribution is 0.282. The van der Waals surface area contributed by atoms with Crippen LogP contribution in [-0.4, -0.2) is 10.2 Å². The molecule has 2 aromatic rings. The molecule has 0 fully saturated rings. The first kappa shape index (κ1) is 14.5. The van der Waals surface area contributed by atoms with Gasteiger partial charge >= 0.3 is 0 Å². The first-order valence-corrected chi connectivity index (χ1v) is 6.50. The largest absolute Gasteiger partial charge is 0.508 e. The van der Waals surface area contributed by atoms with Gasteiger partial charge in [-0.3, -0.25) is 0 Å². The highest BCUT2D eigenvalue weighted by molar-refractivity contribution is 5.35. The third-order valence-corrected chi connectivity index (χ3v) is 3.27. The van der Waals surface area contributed by atoms with Crippen molar-refractivity contribution in [2.75, 3.05) is 0 Å². The fourth-order valence-electron chi connectivity index (χ4n) is 2.02. The van der Waals surface area contributed by atoms with Crippen LogP contribution in [0.3, 0.4) is 0 Å². The summed E-state index contributed by atoms with van der Waals surface area (Å²) in [6.45, 7) is 2.50. The molecule has 0 amide bonds. The molecule has 0 bridgehead atoms. The van der Waals surface area contributed by atoms with Crippen molar-refractivity contribution in [2.24, 2.45) is 0 Å². The Labute approximate surface area is 117 Å². The van der Waals surface area contributed by atoms with Gasteiger partial charge in [0.05, 0.1) is 6.61 Å². The molecule has 0 aliphatic rings. The molecule has 0 aliphatic heterocycles. The summed E-state index contributed by atoms with van der Waals surface area (Å²) in [5.41, 5.74) is 2.46. The Bertz CT molecular complexity index is 569. The van der Waals surface area contributed by atoms with E-state index in [2.05, 4.69) is 5.32 Å². The summed E-state index contributed by atoms with van der Waals surface area (Å²) < 4.78 is 13.2. The van der Waals surface area contributed by atoms with Gasteiger partial charge in [0.2, 0.25) is 0 Å². The maximum absolute atomic E-state index is 13.2. The Hall–Kier alpha value is -1.91. The Morgan fingerprint density at radius 2 is 1.75 bits per heavy atom. The number of hydrogen-bond acceptors (Lipinski definition) is 3. The van der Waals surface area contributed by atoms with E-state index in [1.807, 2.05) is 31.2 Å². The third kappa shape index (κ3) is 3.56. The molecule has 1 atom stereocenters. The quantitative estimate of drug-likeness (QED) is 0.786. The highest BCUT2D eigenvalue weighted by Crippen LogP contribution is 2.24. The summed E-state index contributed by atoms with van der Waals surface area (Å²) in [7, 11) is 0. The normalized spacial score (nSPS) is 12.3. The first-order valence-electron chi connectivity index (χ1n) is 6.50. The molecular formula is C16H18FNO2. The predicted octanol–water partition coefficient (Wildman–Crippen LogP) is 2.87. The number of benzene rings is 2. The van der Waals surface area contributed by atoms with Gasteiger partial charge in [-0.2, -0.15) is 0 Å². The monoisotopic (exact) mass is 275 g/mol. The maximum Gasteiger partial charge on any atom is 0.123 e. The number of phenols is 1. The predicted molar refractivity (Wildman–Crippen MR) is 75.7 cm³/mol. The second kappa shape index (κ2) is 6.50. The van der Waals surface area contributed by atoms with Crippen molar-refractivity contribution in [1.29, 1.82) is 0 Å². The van der Waals surface area contributed by atoms with Gasteiger partial charge in [-0.15, -0.1) is 0 Å². The maximum atomic E-state index is 13.2. The molecule has 0 radical (unpaired) electrons. The van der Waals surface area contributed by atoms with Gasteiger partial charge in [0.25, 0.3) is 0 Å². The van der Waals surface area contributed by atoms with E-state index in [9.17, 15) is 9.50 Å². The van der Waals surface area contributed by atoms with Crippen LogP contribution in [0.2, 0.25) is 0 Å². The standard InChI is InChI=1S/C16H18FNO2/c1-11(15-8-14(17)6-7-16(15)20)18-9-12-2-4-13(10-19)5-3-12/h2-8,11,18-20H,9-10H2,1H3. The van der Waals surface area contributed by atoms with E-state index >= 15 is 0 Å². The second-order valence-corrected chi connectivity index (χ2v) is 4.78. The lowest BCUT2D eigenvalue weighted by Gasteiger charge is -2.16. The average molecular weight is 275 g/mol. The van der Waals surface area contributed by atoms with Crippen molar-refractivity contribution in [2.45, 2.75) is 26.1 Å². The molecule has 4 heteroatoms. The number of phenolic OH excluding ortho intramolecular Hbond substituents is 1. The molecule has 20 heavy (non-hydrogen) atoms. The Balaban J connectivity index is 2.00. The Morgan fingerprint density at radius 1 is 1.10 bits per heavy atom. The molecule has 0 heterocycles. The molecule has 0 saturated heterocycles. The number of rotatable bonds is 5. The zero-order valence-electron chi connectivity index (χ0n) is 11.3. The molecule has 0 aliphatic carbocycles. The van der Waals surface area contributed by atoms with Gasteiger partial charge < -0.3 is 15.5 Å². The van der Waals surface area contributed by atoms with Gasteiger partial charge in [0.15, 0.2) is 0 Å². The summed E-state index contributed by atoms with van der Waals surface area (Å²) in [5.74, 6) is -0.277. The van der Waals surface area contributed by atoms with Crippen molar-refractivity contribution >= 4 is 0 Å². The van der Waals surface area contributed by atoms with E-state index < -0.39 is 0 Å². The lowest BCUT2D eigenvalue weighted by atomic mass is 10.1. The molecule has 106 valence electrons. The number of aliphatic hydroxyl groups excluding tert-OH is 1. The topological polar surface area (TPSA) is 52.5 Å². The van der Waals surface area contributed by atoms with E-state index in [0.717, 1.165) is 11.1 Å². The van der Waals surface area contributed by atoms with Crippen LogP contribution in [0.4, 0.5) is 4.39 Å². The number of halogens is 1. The van der Waals surface area contributed by atoms with Crippen LogP contribution in [-0.2, 0) is 13.2 Å². The van der Waals surface area contributed by atoms with Crippen molar-refractivity contribution in [3.8, 4) is 5.75 Å². The first-order chi connectivity index (χ1) is 9.60. The van der Waals surface area contributed by atoms with Gasteiger partial charge in [0, 0.05) is 18.2 Å². The summed E-state index contributed by atoms with van der Waals surface area (Å²) in [5, 5.41) is 21.9. The average Bonchev–Trinajstić information content (AvgIpc) is 2.47. The molecule has 2 aromatic carbocycles. The molecule has 3 nitrogen and oxygen atoms in total. The number of aromatic hydroxyl groups is 1. The van der Waals surface area contributed by atoms with Gasteiger partial charge in [0.1, 0.15) is 11.6 Å². The SMILES string of the molecule is CC(NCc1ccc(CO)cc1)c1cc(F)ccc1O. The molecular weight excluding hydrogens is 257 g/mol.